The molecule has 2 aliphatic heterocycles. The minimum Gasteiger partial charge on any atom is -0.495 e. The number of methoxy groups -OCH3 is 1. The van der Waals surface area contributed by atoms with Crippen molar-refractivity contribution in [2.24, 2.45) is 5.41 Å². The number of aromatic nitrogens is 2. The third-order valence-corrected chi connectivity index (χ3v) is 7.75. The summed E-state index contributed by atoms with van der Waals surface area (Å²) in [6.07, 6.45) is 6.60. The zero-order valence-electron chi connectivity index (χ0n) is 20.8. The Bertz CT molecular complexity index is 1060. The van der Waals surface area contributed by atoms with Crippen molar-refractivity contribution in [1.82, 2.24) is 20.2 Å². The number of rotatable bonds is 9. The van der Waals surface area contributed by atoms with Gasteiger partial charge >= 0.3 is 0 Å². The van der Waals surface area contributed by atoms with E-state index in [1.807, 2.05) is 6.07 Å². The summed E-state index contributed by atoms with van der Waals surface area (Å²) >= 11 is 6.28. The first kappa shape index (κ1) is 25.0. The van der Waals surface area contributed by atoms with E-state index in [-0.39, 0.29) is 18.4 Å². The number of hydrogen-bond donors (Lipinski definition) is 1. The van der Waals surface area contributed by atoms with Gasteiger partial charge in [0.25, 0.3) is 5.91 Å². The van der Waals surface area contributed by atoms with Crippen LogP contribution in [0.15, 0.2) is 24.4 Å². The number of piperidine rings is 1. The van der Waals surface area contributed by atoms with Crippen molar-refractivity contribution in [3.05, 3.63) is 40.5 Å². The van der Waals surface area contributed by atoms with Gasteiger partial charge in [0.2, 0.25) is 11.8 Å². The molecule has 1 saturated carbocycles. The lowest BCUT2D eigenvalue weighted by molar-refractivity contribution is 0.0383. The summed E-state index contributed by atoms with van der Waals surface area (Å²) in [5.41, 5.74) is 1.74. The van der Waals surface area contributed by atoms with Gasteiger partial charge in [-0.05, 0) is 48.8 Å². The number of carbonyl (C=O) groups excluding carboxylic acids is 1. The van der Waals surface area contributed by atoms with Crippen LogP contribution in [0.3, 0.4) is 0 Å². The molecule has 1 spiro atoms. The second-order valence-electron chi connectivity index (χ2n) is 9.84. The summed E-state index contributed by atoms with van der Waals surface area (Å²) < 4.78 is 16.7. The van der Waals surface area contributed by atoms with Crippen molar-refractivity contribution >= 4 is 23.5 Å². The Morgan fingerprint density at radius 3 is 2.64 bits per heavy atom. The predicted molar refractivity (Wildman–Crippen MR) is 137 cm³/mol. The molecule has 3 fully saturated rings. The van der Waals surface area contributed by atoms with Crippen molar-refractivity contribution in [3.8, 4) is 11.6 Å². The number of anilines is 1. The van der Waals surface area contributed by atoms with E-state index in [0.717, 1.165) is 51.5 Å². The Labute approximate surface area is 217 Å². The van der Waals surface area contributed by atoms with Crippen LogP contribution < -0.4 is 19.7 Å². The van der Waals surface area contributed by atoms with Gasteiger partial charge in [-0.25, -0.2) is 4.98 Å². The number of carbonyl (C=O) groups is 1. The lowest BCUT2D eigenvalue weighted by atomic mass is 9.94. The maximum absolute atomic E-state index is 13.1. The molecule has 3 aliphatic rings. The van der Waals surface area contributed by atoms with Crippen molar-refractivity contribution < 1.29 is 19.0 Å². The summed E-state index contributed by atoms with van der Waals surface area (Å²) in [5, 5.41) is 3.50. The Kier molecular flexibility index (Phi) is 7.79. The highest BCUT2D eigenvalue weighted by Crippen LogP contribution is 2.53. The first-order chi connectivity index (χ1) is 17.5. The third kappa shape index (κ3) is 6.02. The lowest BCUT2D eigenvalue weighted by Gasteiger charge is -2.32. The van der Waals surface area contributed by atoms with Gasteiger partial charge in [-0.1, -0.05) is 17.7 Å². The Balaban J connectivity index is 1.28. The zero-order chi connectivity index (χ0) is 25.0. The first-order valence-corrected chi connectivity index (χ1v) is 13.1. The Morgan fingerprint density at radius 1 is 1.17 bits per heavy atom. The molecule has 36 heavy (non-hydrogen) atoms. The van der Waals surface area contributed by atoms with Gasteiger partial charge in [-0.3, -0.25) is 9.69 Å². The molecule has 1 N–H and O–H groups in total. The second kappa shape index (κ2) is 11.2. The van der Waals surface area contributed by atoms with Crippen LogP contribution in [0.25, 0.3) is 0 Å². The van der Waals surface area contributed by atoms with E-state index in [1.54, 1.807) is 25.4 Å². The van der Waals surface area contributed by atoms with Gasteiger partial charge < -0.3 is 24.4 Å². The van der Waals surface area contributed by atoms with E-state index in [1.165, 1.54) is 25.7 Å². The van der Waals surface area contributed by atoms with Crippen molar-refractivity contribution in [3.63, 3.8) is 0 Å². The molecule has 0 radical (unpaired) electrons. The van der Waals surface area contributed by atoms with Crippen molar-refractivity contribution in [1.29, 1.82) is 0 Å². The molecule has 10 heteroatoms. The number of ether oxygens (including phenoxy) is 3. The monoisotopic (exact) mass is 515 g/mol. The summed E-state index contributed by atoms with van der Waals surface area (Å²) in [5.74, 6) is 1.25. The zero-order valence-corrected chi connectivity index (χ0v) is 21.6. The van der Waals surface area contributed by atoms with Crippen LogP contribution in [0.4, 0.5) is 5.95 Å². The van der Waals surface area contributed by atoms with E-state index in [0.29, 0.717) is 34.2 Å². The average molecular weight is 516 g/mol. The highest BCUT2D eigenvalue weighted by atomic mass is 35.5. The van der Waals surface area contributed by atoms with Crippen LogP contribution in [-0.2, 0) is 11.3 Å². The van der Waals surface area contributed by atoms with Crippen LogP contribution >= 0.6 is 11.6 Å². The number of morpholine rings is 1. The van der Waals surface area contributed by atoms with Gasteiger partial charge in [0.05, 0.1) is 25.3 Å². The minimum absolute atomic E-state index is 0.220. The third-order valence-electron chi connectivity index (χ3n) is 7.46. The number of hydrogen-bond acceptors (Lipinski definition) is 8. The van der Waals surface area contributed by atoms with Gasteiger partial charge in [0.15, 0.2) is 0 Å². The highest BCUT2D eigenvalue weighted by molar-refractivity contribution is 6.32. The maximum atomic E-state index is 13.1. The van der Waals surface area contributed by atoms with Gasteiger partial charge in [-0.15, -0.1) is 0 Å². The molecule has 1 aliphatic carbocycles. The predicted octanol–water partition coefficient (Wildman–Crippen LogP) is 3.16. The fraction of sp³-hybridized carbons (Fsp3) is 0.577. The van der Waals surface area contributed by atoms with E-state index >= 15 is 0 Å². The second-order valence-corrected chi connectivity index (χ2v) is 10.3. The minimum atomic E-state index is -0.242. The topological polar surface area (TPSA) is 89.1 Å². The number of halogens is 1. The highest BCUT2D eigenvalue weighted by Gasteiger charge is 2.44. The molecule has 3 heterocycles. The van der Waals surface area contributed by atoms with Gasteiger partial charge in [-0.2, -0.15) is 4.98 Å². The summed E-state index contributed by atoms with van der Waals surface area (Å²) in [7, 11) is 1.58. The summed E-state index contributed by atoms with van der Waals surface area (Å²) in [6, 6.07) is 5.48. The van der Waals surface area contributed by atoms with Gasteiger partial charge in [0.1, 0.15) is 17.9 Å². The van der Waals surface area contributed by atoms with E-state index in [9.17, 15) is 4.79 Å². The molecule has 0 bridgehead atoms. The van der Waals surface area contributed by atoms with Crippen LogP contribution in [0.5, 0.6) is 11.6 Å². The summed E-state index contributed by atoms with van der Waals surface area (Å²) in [6.45, 7) is 6.59. The molecule has 194 valence electrons. The molecule has 0 atom stereocenters. The van der Waals surface area contributed by atoms with Crippen LogP contribution in [0.1, 0.15) is 41.6 Å². The molecule has 2 saturated heterocycles. The standard InChI is InChI=1S/C26H34ClN5O4/c1-34-22-3-2-19(16-21(22)27)18-36-24-20(23(33)28-8-11-31-12-14-35-15-13-31)17-29-25(30-24)32-9-6-26(4-5-26)7-10-32/h2-3,16-17H,4-15,18H2,1H3,(H,28,33). The molecule has 2 aromatic rings. The molecular weight excluding hydrogens is 482 g/mol. The molecular formula is C26H34ClN5O4. The van der Waals surface area contributed by atoms with E-state index in [2.05, 4.69) is 20.1 Å². The van der Waals surface area contributed by atoms with Crippen molar-refractivity contribution in [2.75, 3.05) is 64.5 Å². The Morgan fingerprint density at radius 2 is 1.94 bits per heavy atom. The first-order valence-electron chi connectivity index (χ1n) is 12.7. The number of nitrogens with zero attached hydrogens (tertiary/aromatic N) is 4. The van der Waals surface area contributed by atoms with Crippen molar-refractivity contribution in [2.45, 2.75) is 32.3 Å². The molecule has 5 rings (SSSR count). The number of nitrogens with one attached hydrogen (secondary N) is 1. The van der Waals surface area contributed by atoms with Crippen LogP contribution in [-0.4, -0.2) is 80.4 Å². The van der Waals surface area contributed by atoms with E-state index in [4.69, 9.17) is 30.8 Å². The summed E-state index contributed by atoms with van der Waals surface area (Å²) in [4.78, 5) is 26.8. The largest absolute Gasteiger partial charge is 0.495 e. The molecule has 1 aromatic carbocycles. The van der Waals surface area contributed by atoms with Crippen LogP contribution in [0.2, 0.25) is 5.02 Å². The molecule has 1 amide bonds. The fourth-order valence-corrected chi connectivity index (χ4v) is 5.11. The molecule has 0 unspecified atom stereocenters. The van der Waals surface area contributed by atoms with Crippen LogP contribution in [0, 0.1) is 5.41 Å². The fourth-order valence-electron chi connectivity index (χ4n) is 4.83. The average Bonchev–Trinajstić information content (AvgIpc) is 3.67. The smallest absolute Gasteiger partial charge is 0.258 e. The molecule has 9 nitrogen and oxygen atoms in total. The normalized spacial score (nSPS) is 19.2. The number of amides is 1. The SMILES string of the molecule is COc1ccc(COc2nc(N3CCC4(CC3)CC4)ncc2C(=O)NCCN2CCOCC2)cc1Cl. The Hall–Kier alpha value is -2.62. The van der Waals surface area contributed by atoms with Gasteiger partial charge in [0, 0.05) is 45.5 Å². The maximum Gasteiger partial charge on any atom is 0.258 e. The van der Waals surface area contributed by atoms with E-state index < -0.39 is 0 Å². The number of benzene rings is 1. The quantitative estimate of drug-likeness (QED) is 0.545. The lowest BCUT2D eigenvalue weighted by Crippen LogP contribution is -2.41. The molecule has 1 aromatic heterocycles.